The Morgan fingerprint density at radius 3 is 2.50 bits per heavy atom. The van der Waals surface area contributed by atoms with Gasteiger partial charge in [-0.25, -0.2) is 0 Å². The largest absolute Gasteiger partial charge is 0.493 e. The van der Waals surface area contributed by atoms with Gasteiger partial charge < -0.3 is 19.1 Å². The number of nitrogens with zero attached hydrogens (tertiary/aromatic N) is 1. The molecule has 0 spiro atoms. The minimum absolute atomic E-state index is 0.0738. The second kappa shape index (κ2) is 9.80. The maximum Gasteiger partial charge on any atom is 0.437 e. The van der Waals surface area contributed by atoms with Gasteiger partial charge in [0.05, 0.1) is 23.5 Å². The second-order valence-corrected chi connectivity index (χ2v) is 8.45. The number of ether oxygens (including phenoxy) is 2. The molecule has 34 heavy (non-hydrogen) atoms. The molecule has 2 N–H and O–H groups in total. The molecule has 0 amide bonds. The van der Waals surface area contributed by atoms with Crippen molar-refractivity contribution in [3.05, 3.63) is 57.3 Å². The molecule has 7 nitrogen and oxygen atoms in total. The lowest BCUT2D eigenvalue weighted by Crippen LogP contribution is -2.07. The Kier molecular flexibility index (Phi) is 6.82. The number of thiazole rings is 1. The van der Waals surface area contributed by atoms with Gasteiger partial charge in [0.25, 0.3) is 0 Å². The monoisotopic (exact) mass is 494 g/mol. The second-order valence-electron chi connectivity index (χ2n) is 7.46. The highest BCUT2D eigenvalue weighted by Crippen LogP contribution is 2.38. The number of nitrogens with one attached hydrogen (secondary N) is 1. The average molecular weight is 494 g/mol. The maximum atomic E-state index is 13.1. The van der Waals surface area contributed by atoms with E-state index in [9.17, 15) is 23.1 Å². The lowest BCUT2D eigenvalue weighted by molar-refractivity contribution is -0.141. The van der Waals surface area contributed by atoms with Crippen LogP contribution in [0.2, 0.25) is 0 Å². The maximum absolute atomic E-state index is 13.1. The Hall–Kier alpha value is -3.47. The first kappa shape index (κ1) is 23.7. The first-order valence-electron chi connectivity index (χ1n) is 10.5. The van der Waals surface area contributed by atoms with Gasteiger partial charge in [0.15, 0.2) is 11.3 Å². The molecule has 4 rings (SSSR count). The number of fused-ring (bicyclic) bond motifs is 1. The highest BCUT2D eigenvalue weighted by Gasteiger charge is 2.37. The number of hydrogen-bond acceptors (Lipinski definition) is 7. The molecule has 0 aliphatic rings. The Bertz CT molecular complexity index is 1330. The number of aromatic amines is 1. The van der Waals surface area contributed by atoms with Gasteiger partial charge in [-0.05, 0) is 48.4 Å². The topological polar surface area (TPSA) is 97.6 Å². The van der Waals surface area contributed by atoms with Crippen LogP contribution in [0, 0.1) is 0 Å². The molecule has 0 aliphatic carbocycles. The predicted octanol–water partition coefficient (Wildman–Crippen LogP) is 5.77. The molecule has 0 aliphatic heterocycles. The van der Waals surface area contributed by atoms with Crippen molar-refractivity contribution in [2.45, 2.75) is 32.4 Å². The summed E-state index contributed by atoms with van der Waals surface area (Å²) < 4.78 is 55.9. The van der Waals surface area contributed by atoms with Crippen molar-refractivity contribution in [2.24, 2.45) is 0 Å². The smallest absolute Gasteiger partial charge is 0.437 e. The third-order valence-corrected chi connectivity index (χ3v) is 5.95. The van der Waals surface area contributed by atoms with Crippen molar-refractivity contribution in [1.29, 1.82) is 0 Å². The number of rotatable bonds is 9. The fraction of sp³-hybridized carbons (Fsp3) is 0.304. The summed E-state index contributed by atoms with van der Waals surface area (Å²) in [7, 11) is 0. The summed E-state index contributed by atoms with van der Waals surface area (Å²) in [5, 5.41) is 12.9. The van der Waals surface area contributed by atoms with Crippen LogP contribution in [-0.2, 0) is 12.6 Å². The lowest BCUT2D eigenvalue weighted by Gasteiger charge is -2.12. The van der Waals surface area contributed by atoms with Crippen LogP contribution in [0.5, 0.6) is 17.4 Å². The van der Waals surface area contributed by atoms with E-state index >= 15 is 0 Å². The van der Waals surface area contributed by atoms with E-state index in [4.69, 9.17) is 14.0 Å². The van der Waals surface area contributed by atoms with Crippen molar-refractivity contribution in [3.8, 4) is 27.8 Å². The van der Waals surface area contributed by atoms with Crippen LogP contribution in [0.4, 0.5) is 13.2 Å². The number of H-pyrrole nitrogens is 1. The molecule has 0 bridgehead atoms. The molecular formula is C23H21F3N2O5S. The van der Waals surface area contributed by atoms with Crippen molar-refractivity contribution in [1.82, 2.24) is 10.1 Å². The normalized spacial score (nSPS) is 11.8. The summed E-state index contributed by atoms with van der Waals surface area (Å²) in [6, 6.07) is 9.78. The number of aromatic nitrogens is 2. The minimum Gasteiger partial charge on any atom is -0.493 e. The quantitative estimate of drug-likeness (QED) is 0.287. The molecule has 0 radical (unpaired) electrons. The molecule has 2 aromatic carbocycles. The van der Waals surface area contributed by atoms with Crippen LogP contribution in [0.1, 0.15) is 31.0 Å². The summed E-state index contributed by atoms with van der Waals surface area (Å²) in [6.45, 7) is 2.57. The van der Waals surface area contributed by atoms with Crippen LogP contribution >= 0.6 is 11.3 Å². The standard InChI is InChI=1S/C23H21F3N2O5S/c1-2-4-15-17(10-9-16-18(15)33-28-20(16)23(24,25)26)32-12-3-11-31-14-7-5-13(6-8-14)19-21(29)27-22(30)34-19/h5-10,29H,2-4,11-12H2,1H3,(H,27,30). The summed E-state index contributed by atoms with van der Waals surface area (Å²) in [6.07, 6.45) is -2.86. The molecule has 180 valence electrons. The van der Waals surface area contributed by atoms with Gasteiger partial charge in [0.2, 0.25) is 5.88 Å². The fourth-order valence-electron chi connectivity index (χ4n) is 3.52. The van der Waals surface area contributed by atoms with E-state index in [0.29, 0.717) is 60.0 Å². The molecule has 0 unspecified atom stereocenters. The van der Waals surface area contributed by atoms with E-state index in [-0.39, 0.29) is 21.7 Å². The van der Waals surface area contributed by atoms with E-state index in [1.165, 1.54) is 12.1 Å². The van der Waals surface area contributed by atoms with Crippen molar-refractivity contribution >= 4 is 22.3 Å². The van der Waals surface area contributed by atoms with Gasteiger partial charge in [-0.3, -0.25) is 9.78 Å². The average Bonchev–Trinajstić information content (AvgIpc) is 3.38. The Morgan fingerprint density at radius 1 is 1.12 bits per heavy atom. The molecule has 0 saturated heterocycles. The zero-order chi connectivity index (χ0) is 24.3. The van der Waals surface area contributed by atoms with E-state index in [2.05, 4.69) is 10.1 Å². The molecule has 0 saturated carbocycles. The molecular weight excluding hydrogens is 473 g/mol. The summed E-state index contributed by atoms with van der Waals surface area (Å²) in [5.74, 6) is 0.913. The van der Waals surface area contributed by atoms with Crippen molar-refractivity contribution in [2.75, 3.05) is 13.2 Å². The van der Waals surface area contributed by atoms with Crippen molar-refractivity contribution in [3.63, 3.8) is 0 Å². The first-order valence-corrected chi connectivity index (χ1v) is 11.4. The number of hydrogen-bond donors (Lipinski definition) is 2. The van der Waals surface area contributed by atoms with Gasteiger partial charge in [0.1, 0.15) is 11.5 Å². The van der Waals surface area contributed by atoms with Crippen LogP contribution in [0.3, 0.4) is 0 Å². The number of aromatic hydroxyl groups is 1. The third kappa shape index (κ3) is 5.04. The Morgan fingerprint density at radius 2 is 1.85 bits per heavy atom. The molecule has 2 heterocycles. The predicted molar refractivity (Wildman–Crippen MR) is 121 cm³/mol. The minimum atomic E-state index is -4.59. The number of aryl methyl sites for hydroxylation is 1. The highest BCUT2D eigenvalue weighted by molar-refractivity contribution is 7.13. The Balaban J connectivity index is 1.34. The molecule has 4 aromatic rings. The number of benzene rings is 2. The van der Waals surface area contributed by atoms with E-state index in [1.54, 1.807) is 24.3 Å². The van der Waals surface area contributed by atoms with Gasteiger partial charge in [0, 0.05) is 12.0 Å². The van der Waals surface area contributed by atoms with Gasteiger partial charge in [-0.15, -0.1) is 0 Å². The molecule has 0 atom stereocenters. The Labute approximate surface area is 195 Å². The van der Waals surface area contributed by atoms with Gasteiger partial charge in [-0.2, -0.15) is 13.2 Å². The number of halogens is 3. The number of alkyl halides is 3. The van der Waals surface area contributed by atoms with E-state index in [1.807, 2.05) is 6.92 Å². The van der Waals surface area contributed by atoms with Crippen molar-refractivity contribution < 1.29 is 32.3 Å². The molecule has 2 aromatic heterocycles. The van der Waals surface area contributed by atoms with Crippen LogP contribution in [-0.4, -0.2) is 28.5 Å². The summed E-state index contributed by atoms with van der Waals surface area (Å²) in [5.41, 5.74) is 0.319. The fourth-order valence-corrected chi connectivity index (χ4v) is 4.25. The zero-order valence-corrected chi connectivity index (χ0v) is 18.9. The lowest BCUT2D eigenvalue weighted by atomic mass is 10.0. The van der Waals surface area contributed by atoms with E-state index in [0.717, 1.165) is 11.3 Å². The van der Waals surface area contributed by atoms with Gasteiger partial charge >= 0.3 is 11.0 Å². The SMILES string of the molecule is CCCc1c(OCCCOc2ccc(-c3sc(=O)[nH]c3O)cc2)ccc2c(C(F)(F)F)noc12. The van der Waals surface area contributed by atoms with Crippen LogP contribution in [0.15, 0.2) is 45.7 Å². The first-order chi connectivity index (χ1) is 16.3. The zero-order valence-electron chi connectivity index (χ0n) is 18.1. The molecule has 0 fully saturated rings. The highest BCUT2D eigenvalue weighted by atomic mass is 32.1. The van der Waals surface area contributed by atoms with Gasteiger partial charge in [-0.1, -0.05) is 29.8 Å². The van der Waals surface area contributed by atoms with E-state index < -0.39 is 11.9 Å². The van der Waals surface area contributed by atoms with Crippen LogP contribution < -0.4 is 14.3 Å². The van der Waals surface area contributed by atoms with Crippen LogP contribution in [0.25, 0.3) is 21.4 Å². The summed E-state index contributed by atoms with van der Waals surface area (Å²) >= 11 is 0.919. The molecule has 11 heteroatoms. The third-order valence-electron chi connectivity index (χ3n) is 5.03. The summed E-state index contributed by atoms with van der Waals surface area (Å²) in [4.78, 5) is 13.8.